The molecule has 6 aromatic rings. The van der Waals surface area contributed by atoms with Crippen LogP contribution in [0.25, 0.3) is 0 Å². The van der Waals surface area contributed by atoms with Crippen LogP contribution >= 0.6 is 0 Å². The summed E-state index contributed by atoms with van der Waals surface area (Å²) in [5.74, 6) is 0. The van der Waals surface area contributed by atoms with Crippen molar-refractivity contribution in [2.45, 2.75) is 38.6 Å². The van der Waals surface area contributed by atoms with Crippen LogP contribution in [0.3, 0.4) is 0 Å². The number of piperidine rings is 1. The molecule has 0 aliphatic carbocycles. The fourth-order valence-electron chi connectivity index (χ4n) is 7.74. The third-order valence-electron chi connectivity index (χ3n) is 13.2. The van der Waals surface area contributed by atoms with Crippen LogP contribution < -0.4 is 5.32 Å². The Kier molecular flexibility index (Phi) is 41.2. The van der Waals surface area contributed by atoms with E-state index in [0.717, 1.165) is 45.9 Å². The largest absolute Gasteiger partial charge is 0.379 e. The first-order valence-corrected chi connectivity index (χ1v) is 28.5. The highest BCUT2D eigenvalue weighted by Gasteiger charge is 2.13. The Bertz CT molecular complexity index is 1830. The lowest BCUT2D eigenvalue weighted by atomic mass is 10.1. The lowest BCUT2D eigenvalue weighted by molar-refractivity contribution is 0.0503. The van der Waals surface area contributed by atoms with Crippen LogP contribution in [0, 0.1) is 0 Å². The van der Waals surface area contributed by atoms with Crippen molar-refractivity contribution < 1.29 is 4.74 Å². The quantitative estimate of drug-likeness (QED) is 0.265. The Morgan fingerprint density at radius 3 is 1.19 bits per heavy atom. The van der Waals surface area contributed by atoms with Gasteiger partial charge >= 0.3 is 0 Å². The van der Waals surface area contributed by atoms with Gasteiger partial charge in [0, 0.05) is 177 Å². The standard InChI is InChI=1S/C12H18N2.C6H14N2.C6H13N.C5H12N2.C5H11NO.C5H11N.C5H7N.2C4H6N2.2C3H5N3/c1-13-7-9-14(10-8-13)11-12-5-3-2-4-6-12;1-7-3-5-8(2)6-4-7;1-7-5-3-2-4-6-7;1-7-4-2-6-3-5-7;1-6-2-4-7-5-3-6;2*1-6-4-2-3-5-6;1-6-3-2-5-4-6;1-6-4-2-3-5-6;1-6-3-4-2-5-6;1-6-3-2-4-5-6/h2-6H,7-11H2,1H3;3-6H2,1-2H3;2-6H2,1H3;6H,2-5H2,1H3;2-5H2,1H3;2-5H2,1H3;2-5H,1H3;2*2-4H,1H3;2*2-3H,1H3. The van der Waals surface area contributed by atoms with E-state index in [0.29, 0.717) is 0 Å². The van der Waals surface area contributed by atoms with E-state index in [-0.39, 0.29) is 0 Å². The zero-order valence-electron chi connectivity index (χ0n) is 51.3. The normalized spacial score (nSPS) is 18.2. The summed E-state index contributed by atoms with van der Waals surface area (Å²) >= 11 is 0. The fourth-order valence-corrected chi connectivity index (χ4v) is 7.74. The maximum atomic E-state index is 5.10. The molecule has 0 unspecified atom stereocenters. The molecule has 21 nitrogen and oxygen atoms in total. The predicted octanol–water partition coefficient (Wildman–Crippen LogP) is 4.08. The van der Waals surface area contributed by atoms with Gasteiger partial charge in [-0.15, -0.1) is 5.10 Å². The number of nitrogens with zero attached hydrogens (tertiary/aromatic N) is 19. The lowest BCUT2D eigenvalue weighted by Gasteiger charge is -2.32. The first-order valence-electron chi connectivity index (χ1n) is 28.5. The molecule has 0 bridgehead atoms. The number of imidazole rings is 1. The average Bonchev–Trinajstić information content (AvgIpc) is 4.35. The minimum Gasteiger partial charge on any atom is -0.379 e. The SMILES string of the molecule is CN1CCCC1.CN1CCCCC1.CN1CCN(C)CC1.CN1CCN(Cc2ccccc2)CC1.CN1CCNCC1.CN1CCOCC1.Cn1cccc1.Cn1cccn1.Cn1ccnc1.Cn1ccnn1.Cn1cncn1. The highest BCUT2D eigenvalue weighted by Crippen LogP contribution is 2.07. The molecule has 0 saturated carbocycles. The second-order valence-electron chi connectivity index (χ2n) is 20.9. The van der Waals surface area contributed by atoms with Crippen LogP contribution in [0.2, 0.25) is 0 Å². The van der Waals surface area contributed by atoms with Gasteiger partial charge in [-0.2, -0.15) is 10.2 Å². The second-order valence-corrected chi connectivity index (χ2v) is 20.9. The molecule has 446 valence electrons. The number of benzene rings is 1. The predicted molar refractivity (Wildman–Crippen MR) is 325 cm³/mol. The van der Waals surface area contributed by atoms with Crippen LogP contribution in [0.1, 0.15) is 37.7 Å². The monoisotopic (exact) mass is 1100 g/mol. The molecular formula is C58H108N20O. The molecule has 1 N–H and O–H groups in total. The van der Waals surface area contributed by atoms with Gasteiger partial charge in [0.05, 0.1) is 25.7 Å². The Morgan fingerprint density at radius 1 is 0.405 bits per heavy atom. The molecule has 6 aliphatic rings. The van der Waals surface area contributed by atoms with Crippen molar-refractivity contribution in [1.82, 2.24) is 98.2 Å². The van der Waals surface area contributed by atoms with E-state index < -0.39 is 0 Å². The van der Waals surface area contributed by atoms with Crippen LogP contribution in [0.15, 0.2) is 117 Å². The molecule has 0 spiro atoms. The summed E-state index contributed by atoms with van der Waals surface area (Å²) in [6, 6.07) is 16.6. The van der Waals surface area contributed by atoms with Gasteiger partial charge in [-0.3, -0.25) is 18.9 Å². The van der Waals surface area contributed by atoms with Crippen molar-refractivity contribution in [1.29, 1.82) is 0 Å². The topological polar surface area (TPSA) is 149 Å². The molecule has 6 aliphatic heterocycles. The van der Waals surface area contributed by atoms with E-state index in [2.05, 4.69) is 155 Å². The van der Waals surface area contributed by atoms with Gasteiger partial charge in [-0.1, -0.05) is 42.0 Å². The van der Waals surface area contributed by atoms with Gasteiger partial charge in [0.1, 0.15) is 12.7 Å². The minimum absolute atomic E-state index is 0.913. The van der Waals surface area contributed by atoms with Crippen molar-refractivity contribution in [3.63, 3.8) is 0 Å². The number of piperazine rings is 3. The van der Waals surface area contributed by atoms with E-state index in [1.54, 1.807) is 51.5 Å². The number of hydrogen-bond acceptors (Lipinski definition) is 16. The summed E-state index contributed by atoms with van der Waals surface area (Å²) < 4.78 is 14.0. The van der Waals surface area contributed by atoms with Crippen LogP contribution in [-0.2, 0) is 46.5 Å². The molecule has 6 saturated heterocycles. The Labute approximate surface area is 478 Å². The van der Waals surface area contributed by atoms with Gasteiger partial charge in [0.2, 0.25) is 0 Å². The molecule has 6 fully saturated rings. The van der Waals surface area contributed by atoms with Crippen molar-refractivity contribution >= 4 is 0 Å². The molecule has 11 heterocycles. The molecular weight excluding hydrogens is 993 g/mol. The molecule has 79 heavy (non-hydrogen) atoms. The number of aromatic nitrogens is 11. The van der Waals surface area contributed by atoms with Crippen LogP contribution in [0.5, 0.6) is 0 Å². The first-order chi connectivity index (χ1) is 38.2. The number of aryl methyl sites for hydroxylation is 5. The molecule has 21 heteroatoms. The molecule has 0 atom stereocenters. The average molecular weight is 1100 g/mol. The number of likely N-dealkylation sites (N-methyl/N-ethyl adjacent to an activating group) is 5. The third kappa shape index (κ3) is 42.4. The number of ether oxygens (including phenoxy) is 1. The molecule has 1 aromatic carbocycles. The Hall–Kier alpha value is -5.20. The smallest absolute Gasteiger partial charge is 0.137 e. The van der Waals surface area contributed by atoms with Crippen molar-refractivity contribution in [2.75, 3.05) is 180 Å². The maximum Gasteiger partial charge on any atom is 0.137 e. The summed E-state index contributed by atoms with van der Waals surface area (Å²) in [6.07, 6.45) is 26.7. The highest BCUT2D eigenvalue weighted by atomic mass is 16.5. The number of morpholine rings is 1. The van der Waals surface area contributed by atoms with Crippen LogP contribution in [-0.4, -0.2) is 273 Å². The molecule has 12 rings (SSSR count). The zero-order valence-corrected chi connectivity index (χ0v) is 51.3. The van der Waals surface area contributed by atoms with Crippen molar-refractivity contribution in [3.05, 3.63) is 123 Å². The number of nitrogens with one attached hydrogen (secondary N) is 1. The Balaban J connectivity index is 0.000000301. The molecule has 0 amide bonds. The third-order valence-corrected chi connectivity index (χ3v) is 13.2. The summed E-state index contributed by atoms with van der Waals surface area (Å²) in [6.45, 7) is 24.9. The van der Waals surface area contributed by atoms with E-state index in [1.165, 1.54) is 136 Å². The van der Waals surface area contributed by atoms with E-state index in [9.17, 15) is 0 Å². The summed E-state index contributed by atoms with van der Waals surface area (Å²) in [5.41, 5.74) is 1.43. The summed E-state index contributed by atoms with van der Waals surface area (Å²) in [4.78, 5) is 26.4. The van der Waals surface area contributed by atoms with Crippen molar-refractivity contribution in [2.24, 2.45) is 35.2 Å². The van der Waals surface area contributed by atoms with Gasteiger partial charge < -0.3 is 53.5 Å². The van der Waals surface area contributed by atoms with Gasteiger partial charge in [-0.05, 0) is 125 Å². The number of rotatable bonds is 2. The second kappa shape index (κ2) is 46.5. The molecule has 0 radical (unpaired) electrons. The zero-order chi connectivity index (χ0) is 57.6. The first kappa shape index (κ1) is 69.9. The van der Waals surface area contributed by atoms with Gasteiger partial charge in [0.15, 0.2) is 0 Å². The van der Waals surface area contributed by atoms with E-state index >= 15 is 0 Å². The maximum absolute atomic E-state index is 5.10. The van der Waals surface area contributed by atoms with Crippen molar-refractivity contribution in [3.8, 4) is 0 Å². The minimum atomic E-state index is 0.913. The summed E-state index contributed by atoms with van der Waals surface area (Å²) in [5, 5.41) is 17.9. The van der Waals surface area contributed by atoms with Gasteiger partial charge in [0.25, 0.3) is 0 Å². The number of hydrogen-bond donors (Lipinski definition) is 1. The fraction of sp³-hybridized carbons (Fsp3) is 0.655. The molecule has 5 aromatic heterocycles. The number of likely N-dealkylation sites (tertiary alicyclic amines) is 2. The highest BCUT2D eigenvalue weighted by molar-refractivity contribution is 5.14. The Morgan fingerprint density at radius 2 is 0.924 bits per heavy atom. The van der Waals surface area contributed by atoms with Crippen LogP contribution in [0.4, 0.5) is 0 Å². The lowest BCUT2D eigenvalue weighted by Crippen LogP contribution is -2.43. The van der Waals surface area contributed by atoms with E-state index in [1.807, 2.05) is 87.4 Å². The summed E-state index contributed by atoms with van der Waals surface area (Å²) in [7, 11) is 24.7. The van der Waals surface area contributed by atoms with Gasteiger partial charge in [-0.25, -0.2) is 9.97 Å². The van der Waals surface area contributed by atoms with E-state index in [4.69, 9.17) is 4.74 Å².